The maximum atomic E-state index is 12.0. The van der Waals surface area contributed by atoms with Gasteiger partial charge in [0.25, 0.3) is 0 Å². The van der Waals surface area contributed by atoms with Gasteiger partial charge < -0.3 is 15.4 Å². The van der Waals surface area contributed by atoms with Crippen LogP contribution in [0.4, 0.5) is 0 Å². The van der Waals surface area contributed by atoms with Gasteiger partial charge in [0, 0.05) is 23.5 Å². The van der Waals surface area contributed by atoms with Crippen LogP contribution in [0.25, 0.3) is 10.9 Å². The fourth-order valence-corrected chi connectivity index (χ4v) is 2.51. The number of aliphatic carboxylic acids is 1. The van der Waals surface area contributed by atoms with E-state index in [1.54, 1.807) is 12.2 Å². The molecule has 5 heteroatoms. The van der Waals surface area contributed by atoms with Crippen molar-refractivity contribution in [2.45, 2.75) is 39.2 Å². The average molecular weight is 314 g/mol. The molecule has 1 atom stereocenters. The van der Waals surface area contributed by atoms with E-state index in [4.69, 9.17) is 5.11 Å². The van der Waals surface area contributed by atoms with Crippen molar-refractivity contribution in [1.29, 1.82) is 0 Å². The van der Waals surface area contributed by atoms with Gasteiger partial charge in [-0.05, 0) is 44.4 Å². The van der Waals surface area contributed by atoms with Crippen LogP contribution in [0.5, 0.6) is 0 Å². The number of aromatic nitrogens is 1. The molecule has 1 unspecified atom stereocenters. The van der Waals surface area contributed by atoms with Crippen molar-refractivity contribution in [1.82, 2.24) is 10.3 Å². The Balaban J connectivity index is 1.97. The van der Waals surface area contributed by atoms with Crippen molar-refractivity contribution in [2.24, 2.45) is 0 Å². The fourth-order valence-electron chi connectivity index (χ4n) is 2.51. The number of aryl methyl sites for hydroxylation is 2. The number of allylic oxidation sites excluding steroid dienone is 1. The lowest BCUT2D eigenvalue weighted by Crippen LogP contribution is -2.40. The van der Waals surface area contributed by atoms with Crippen LogP contribution in [-0.4, -0.2) is 28.0 Å². The Labute approximate surface area is 135 Å². The van der Waals surface area contributed by atoms with Crippen LogP contribution >= 0.6 is 0 Å². The molecule has 23 heavy (non-hydrogen) atoms. The van der Waals surface area contributed by atoms with E-state index in [1.807, 2.05) is 32.2 Å². The molecule has 0 aliphatic heterocycles. The second-order valence-corrected chi connectivity index (χ2v) is 5.63. The Morgan fingerprint density at radius 2 is 2.17 bits per heavy atom. The van der Waals surface area contributed by atoms with E-state index in [1.165, 1.54) is 5.56 Å². The molecule has 0 aliphatic carbocycles. The summed E-state index contributed by atoms with van der Waals surface area (Å²) in [6, 6.07) is 5.27. The molecule has 0 aliphatic rings. The minimum absolute atomic E-state index is 0.246. The smallest absolute Gasteiger partial charge is 0.326 e. The number of amides is 1. The maximum absolute atomic E-state index is 12.0. The van der Waals surface area contributed by atoms with Crippen molar-refractivity contribution in [3.63, 3.8) is 0 Å². The Bertz CT molecular complexity index is 731. The van der Waals surface area contributed by atoms with Crippen molar-refractivity contribution in [3.8, 4) is 0 Å². The van der Waals surface area contributed by atoms with Crippen LogP contribution in [0.1, 0.15) is 30.9 Å². The summed E-state index contributed by atoms with van der Waals surface area (Å²) in [5.41, 5.74) is 3.28. The van der Waals surface area contributed by atoms with E-state index in [-0.39, 0.29) is 12.3 Å². The van der Waals surface area contributed by atoms with Gasteiger partial charge in [0.05, 0.1) is 0 Å². The average Bonchev–Trinajstić information content (AvgIpc) is 2.91. The summed E-state index contributed by atoms with van der Waals surface area (Å²) in [6.07, 6.45) is 6.55. The molecule has 0 fully saturated rings. The number of aromatic amines is 1. The number of rotatable bonds is 7. The summed E-state index contributed by atoms with van der Waals surface area (Å²) >= 11 is 0. The second-order valence-electron chi connectivity index (χ2n) is 5.63. The first-order valence-corrected chi connectivity index (χ1v) is 7.71. The topological polar surface area (TPSA) is 82.2 Å². The number of fused-ring (bicyclic) bond motifs is 1. The Morgan fingerprint density at radius 3 is 2.87 bits per heavy atom. The van der Waals surface area contributed by atoms with Gasteiger partial charge in [0.1, 0.15) is 6.04 Å². The maximum Gasteiger partial charge on any atom is 0.326 e. The van der Waals surface area contributed by atoms with E-state index in [0.29, 0.717) is 12.8 Å². The molecular weight excluding hydrogens is 292 g/mol. The molecule has 2 rings (SSSR count). The van der Waals surface area contributed by atoms with Gasteiger partial charge in [-0.1, -0.05) is 23.8 Å². The first kappa shape index (κ1) is 16.8. The Kier molecular flexibility index (Phi) is 5.57. The number of hydrogen-bond donors (Lipinski definition) is 3. The number of hydrogen-bond acceptors (Lipinski definition) is 2. The van der Waals surface area contributed by atoms with Crippen molar-refractivity contribution < 1.29 is 14.7 Å². The normalized spacial score (nSPS) is 12.6. The first-order valence-electron chi connectivity index (χ1n) is 7.71. The van der Waals surface area contributed by atoms with Gasteiger partial charge in [0.15, 0.2) is 0 Å². The predicted molar refractivity (Wildman–Crippen MR) is 90.4 cm³/mol. The van der Waals surface area contributed by atoms with Gasteiger partial charge in [-0.15, -0.1) is 0 Å². The third-order valence-electron chi connectivity index (χ3n) is 3.79. The van der Waals surface area contributed by atoms with Crippen LogP contribution < -0.4 is 5.32 Å². The van der Waals surface area contributed by atoms with E-state index < -0.39 is 12.0 Å². The summed E-state index contributed by atoms with van der Waals surface area (Å²) in [6.45, 7) is 3.85. The zero-order valence-electron chi connectivity index (χ0n) is 13.4. The standard InChI is InChI=1S/C18H22N2O3/c1-3-4-5-16(18(22)23)20-17(21)9-7-13-11-19-15-8-6-12(2)10-14(13)15/h3-4,6,8,10-11,16,19H,5,7,9H2,1-2H3,(H,20,21)(H,22,23)/b4-3+. The lowest BCUT2D eigenvalue weighted by Gasteiger charge is -2.12. The molecule has 1 amide bonds. The third-order valence-corrected chi connectivity index (χ3v) is 3.79. The minimum atomic E-state index is -1.01. The molecule has 3 N–H and O–H groups in total. The monoisotopic (exact) mass is 314 g/mol. The van der Waals surface area contributed by atoms with Gasteiger partial charge in [-0.3, -0.25) is 4.79 Å². The Hall–Kier alpha value is -2.56. The van der Waals surface area contributed by atoms with Crippen LogP contribution in [-0.2, 0) is 16.0 Å². The van der Waals surface area contributed by atoms with E-state index in [0.717, 1.165) is 16.5 Å². The van der Waals surface area contributed by atoms with Gasteiger partial charge in [0.2, 0.25) is 5.91 Å². The van der Waals surface area contributed by atoms with Crippen molar-refractivity contribution in [2.75, 3.05) is 0 Å². The molecule has 0 saturated carbocycles. The van der Waals surface area contributed by atoms with Gasteiger partial charge in [-0.2, -0.15) is 0 Å². The van der Waals surface area contributed by atoms with Gasteiger partial charge >= 0.3 is 5.97 Å². The number of carboxylic acid groups (broad SMARTS) is 1. The minimum Gasteiger partial charge on any atom is -0.480 e. The number of benzene rings is 1. The quantitative estimate of drug-likeness (QED) is 0.687. The van der Waals surface area contributed by atoms with Crippen LogP contribution in [0, 0.1) is 6.92 Å². The number of carbonyl (C=O) groups excluding carboxylic acids is 1. The van der Waals surface area contributed by atoms with Gasteiger partial charge in [-0.25, -0.2) is 4.79 Å². The van der Waals surface area contributed by atoms with Crippen LogP contribution in [0.15, 0.2) is 36.5 Å². The lowest BCUT2D eigenvalue weighted by atomic mass is 10.1. The largest absolute Gasteiger partial charge is 0.480 e. The molecule has 2 aromatic rings. The second kappa shape index (κ2) is 7.63. The SMILES string of the molecule is C/C=C/CC(NC(=O)CCc1c[nH]c2ccc(C)cc12)C(=O)O. The lowest BCUT2D eigenvalue weighted by molar-refractivity contribution is -0.141. The molecule has 1 heterocycles. The highest BCUT2D eigenvalue weighted by Crippen LogP contribution is 2.20. The molecule has 122 valence electrons. The number of H-pyrrole nitrogens is 1. The molecule has 1 aromatic carbocycles. The highest BCUT2D eigenvalue weighted by molar-refractivity contribution is 5.86. The van der Waals surface area contributed by atoms with Crippen molar-refractivity contribution >= 4 is 22.8 Å². The molecular formula is C18H22N2O3. The zero-order valence-corrected chi connectivity index (χ0v) is 13.4. The molecule has 0 spiro atoms. The number of nitrogens with one attached hydrogen (secondary N) is 2. The number of carboxylic acids is 1. The predicted octanol–water partition coefficient (Wildman–Crippen LogP) is 2.94. The molecule has 0 bridgehead atoms. The number of carbonyl (C=O) groups is 2. The molecule has 0 radical (unpaired) electrons. The fraction of sp³-hybridized carbons (Fsp3) is 0.333. The summed E-state index contributed by atoms with van der Waals surface area (Å²) in [4.78, 5) is 26.3. The van der Waals surface area contributed by atoms with Crippen LogP contribution in [0.3, 0.4) is 0 Å². The summed E-state index contributed by atoms with van der Waals surface area (Å²) in [7, 11) is 0. The molecule has 1 aromatic heterocycles. The summed E-state index contributed by atoms with van der Waals surface area (Å²) in [5, 5.41) is 12.8. The molecule has 5 nitrogen and oxygen atoms in total. The summed E-state index contributed by atoms with van der Waals surface area (Å²) in [5.74, 6) is -1.26. The highest BCUT2D eigenvalue weighted by atomic mass is 16.4. The van der Waals surface area contributed by atoms with Crippen molar-refractivity contribution in [3.05, 3.63) is 47.7 Å². The zero-order chi connectivity index (χ0) is 16.8. The first-order chi connectivity index (χ1) is 11.0. The Morgan fingerprint density at radius 1 is 1.39 bits per heavy atom. The van der Waals surface area contributed by atoms with E-state index >= 15 is 0 Å². The molecule has 0 saturated heterocycles. The highest BCUT2D eigenvalue weighted by Gasteiger charge is 2.18. The van der Waals surface area contributed by atoms with E-state index in [2.05, 4.69) is 16.4 Å². The van der Waals surface area contributed by atoms with Crippen LogP contribution in [0.2, 0.25) is 0 Å². The van der Waals surface area contributed by atoms with E-state index in [9.17, 15) is 9.59 Å². The summed E-state index contributed by atoms with van der Waals surface area (Å²) < 4.78 is 0. The third kappa shape index (κ3) is 4.45.